The van der Waals surface area contributed by atoms with Crippen LogP contribution in [0.25, 0.3) is 0 Å². The summed E-state index contributed by atoms with van der Waals surface area (Å²) < 4.78 is 13.2. The molecule has 1 aliphatic rings. The van der Waals surface area contributed by atoms with Crippen LogP contribution in [0.3, 0.4) is 0 Å². The van der Waals surface area contributed by atoms with Crippen LogP contribution in [0.1, 0.15) is 38.2 Å². The first-order chi connectivity index (χ1) is 8.26. The van der Waals surface area contributed by atoms with Gasteiger partial charge in [0, 0.05) is 24.2 Å². The second-order valence-corrected chi connectivity index (χ2v) is 4.95. The number of hydrogen-bond acceptors (Lipinski definition) is 1. The van der Waals surface area contributed by atoms with E-state index in [-0.39, 0.29) is 5.82 Å². The molecule has 0 atom stereocenters. The standard InChI is InChI=1S/C14H19ClFN/c1-2-3-8-17(13-5-6-13)14-7-4-12(16)9-11(14)10-15/h4,7,9,13H,2-3,5-6,8,10H2,1H3. The van der Waals surface area contributed by atoms with Crippen molar-refractivity contribution >= 4 is 17.3 Å². The Morgan fingerprint density at radius 2 is 2.18 bits per heavy atom. The van der Waals surface area contributed by atoms with Gasteiger partial charge in [0.25, 0.3) is 0 Å². The SMILES string of the molecule is CCCCN(c1ccc(F)cc1CCl)C1CC1. The minimum absolute atomic E-state index is 0.198. The Morgan fingerprint density at radius 3 is 2.76 bits per heavy atom. The Balaban J connectivity index is 2.21. The molecule has 0 spiro atoms. The quantitative estimate of drug-likeness (QED) is 0.684. The lowest BCUT2D eigenvalue weighted by atomic mass is 10.1. The lowest BCUT2D eigenvalue weighted by Gasteiger charge is -2.26. The molecule has 0 bridgehead atoms. The van der Waals surface area contributed by atoms with E-state index < -0.39 is 0 Å². The smallest absolute Gasteiger partial charge is 0.123 e. The minimum atomic E-state index is -0.198. The lowest BCUT2D eigenvalue weighted by Crippen LogP contribution is -2.27. The van der Waals surface area contributed by atoms with Crippen LogP contribution in [0.2, 0.25) is 0 Å². The molecule has 0 radical (unpaired) electrons. The summed E-state index contributed by atoms with van der Waals surface area (Å²) in [4.78, 5) is 2.40. The van der Waals surface area contributed by atoms with Crippen molar-refractivity contribution in [2.24, 2.45) is 0 Å². The number of hydrogen-bond donors (Lipinski definition) is 0. The van der Waals surface area contributed by atoms with E-state index in [9.17, 15) is 4.39 Å². The van der Waals surface area contributed by atoms with E-state index in [1.165, 1.54) is 31.7 Å². The second kappa shape index (κ2) is 5.72. The average molecular weight is 256 g/mol. The van der Waals surface area contributed by atoms with Gasteiger partial charge in [-0.2, -0.15) is 0 Å². The normalized spacial score (nSPS) is 15.0. The summed E-state index contributed by atoms with van der Waals surface area (Å²) in [5, 5.41) is 0. The highest BCUT2D eigenvalue weighted by Crippen LogP contribution is 2.34. The van der Waals surface area contributed by atoms with Crippen LogP contribution in [-0.2, 0) is 5.88 Å². The molecule has 17 heavy (non-hydrogen) atoms. The maximum Gasteiger partial charge on any atom is 0.123 e. The molecule has 0 amide bonds. The number of benzene rings is 1. The number of rotatable bonds is 6. The molecule has 0 unspecified atom stereocenters. The number of anilines is 1. The molecule has 1 aliphatic carbocycles. The number of halogens is 2. The third-order valence-electron chi connectivity index (χ3n) is 3.24. The Bertz CT molecular complexity index is 376. The number of nitrogens with zero attached hydrogens (tertiary/aromatic N) is 1. The first-order valence-electron chi connectivity index (χ1n) is 6.37. The Morgan fingerprint density at radius 1 is 1.41 bits per heavy atom. The van der Waals surface area contributed by atoms with Crippen molar-refractivity contribution in [2.75, 3.05) is 11.4 Å². The fourth-order valence-electron chi connectivity index (χ4n) is 2.16. The number of unbranched alkanes of at least 4 members (excludes halogenated alkanes) is 1. The van der Waals surface area contributed by atoms with Gasteiger partial charge in [-0.25, -0.2) is 4.39 Å². The molecule has 2 rings (SSSR count). The zero-order valence-electron chi connectivity index (χ0n) is 10.3. The largest absolute Gasteiger partial charge is 0.368 e. The van der Waals surface area contributed by atoms with Gasteiger partial charge in [-0.1, -0.05) is 13.3 Å². The molecule has 0 saturated heterocycles. The first kappa shape index (κ1) is 12.7. The molecule has 1 saturated carbocycles. The highest BCUT2D eigenvalue weighted by molar-refractivity contribution is 6.17. The molecule has 1 aromatic rings. The van der Waals surface area contributed by atoms with Crippen LogP contribution in [-0.4, -0.2) is 12.6 Å². The van der Waals surface area contributed by atoms with Crippen molar-refractivity contribution in [2.45, 2.75) is 44.5 Å². The summed E-state index contributed by atoms with van der Waals surface area (Å²) in [5.41, 5.74) is 2.03. The van der Waals surface area contributed by atoms with E-state index in [0.29, 0.717) is 11.9 Å². The topological polar surface area (TPSA) is 3.24 Å². The second-order valence-electron chi connectivity index (χ2n) is 4.68. The lowest BCUT2D eigenvalue weighted by molar-refractivity contribution is 0.625. The fraction of sp³-hybridized carbons (Fsp3) is 0.571. The predicted octanol–water partition coefficient (Wildman–Crippen LogP) is 4.33. The van der Waals surface area contributed by atoms with Crippen LogP contribution in [0, 0.1) is 5.82 Å². The van der Waals surface area contributed by atoms with Crippen LogP contribution >= 0.6 is 11.6 Å². The average Bonchev–Trinajstić information content (AvgIpc) is 3.15. The van der Waals surface area contributed by atoms with Gasteiger partial charge in [0.15, 0.2) is 0 Å². The Hall–Kier alpha value is -0.760. The first-order valence-corrected chi connectivity index (χ1v) is 6.90. The molecular weight excluding hydrogens is 237 g/mol. The molecule has 1 nitrogen and oxygen atoms in total. The highest BCUT2D eigenvalue weighted by atomic mass is 35.5. The van der Waals surface area contributed by atoms with Crippen molar-refractivity contribution < 1.29 is 4.39 Å². The Kier molecular flexibility index (Phi) is 4.27. The van der Waals surface area contributed by atoms with Crippen molar-refractivity contribution in [3.05, 3.63) is 29.6 Å². The molecule has 1 fully saturated rings. The van der Waals surface area contributed by atoms with Gasteiger partial charge in [-0.15, -0.1) is 11.6 Å². The summed E-state index contributed by atoms with van der Waals surface area (Å²) >= 11 is 5.91. The summed E-state index contributed by atoms with van der Waals surface area (Å²) in [6.07, 6.45) is 4.86. The zero-order chi connectivity index (χ0) is 12.3. The van der Waals surface area contributed by atoms with Gasteiger partial charge < -0.3 is 4.90 Å². The van der Waals surface area contributed by atoms with Gasteiger partial charge in [0.2, 0.25) is 0 Å². The maximum absolute atomic E-state index is 13.2. The molecule has 1 aromatic carbocycles. The van der Waals surface area contributed by atoms with E-state index in [0.717, 1.165) is 17.8 Å². The predicted molar refractivity (Wildman–Crippen MR) is 71.2 cm³/mol. The van der Waals surface area contributed by atoms with Crippen LogP contribution in [0.5, 0.6) is 0 Å². The van der Waals surface area contributed by atoms with E-state index in [2.05, 4.69) is 11.8 Å². The molecule has 3 heteroatoms. The third-order valence-corrected chi connectivity index (χ3v) is 3.52. The highest BCUT2D eigenvalue weighted by Gasteiger charge is 2.29. The Labute approximate surface area is 108 Å². The maximum atomic E-state index is 13.2. The van der Waals surface area contributed by atoms with Gasteiger partial charge in [0.05, 0.1) is 0 Å². The van der Waals surface area contributed by atoms with Gasteiger partial charge in [-0.05, 0) is 43.0 Å². The molecule has 0 N–H and O–H groups in total. The number of alkyl halides is 1. The van der Waals surface area contributed by atoms with Crippen molar-refractivity contribution in [1.82, 2.24) is 0 Å². The van der Waals surface area contributed by atoms with Gasteiger partial charge in [-0.3, -0.25) is 0 Å². The van der Waals surface area contributed by atoms with E-state index >= 15 is 0 Å². The molecule has 94 valence electrons. The van der Waals surface area contributed by atoms with Crippen LogP contribution in [0.15, 0.2) is 18.2 Å². The van der Waals surface area contributed by atoms with Crippen molar-refractivity contribution in [1.29, 1.82) is 0 Å². The zero-order valence-corrected chi connectivity index (χ0v) is 11.0. The van der Waals surface area contributed by atoms with E-state index in [1.807, 2.05) is 6.07 Å². The van der Waals surface area contributed by atoms with Crippen LogP contribution < -0.4 is 4.90 Å². The van der Waals surface area contributed by atoms with Crippen molar-refractivity contribution in [3.63, 3.8) is 0 Å². The summed E-state index contributed by atoms with van der Waals surface area (Å²) in [7, 11) is 0. The molecular formula is C14H19ClFN. The third kappa shape index (κ3) is 3.12. The van der Waals surface area contributed by atoms with Gasteiger partial charge >= 0.3 is 0 Å². The minimum Gasteiger partial charge on any atom is -0.368 e. The molecule has 0 aliphatic heterocycles. The summed E-state index contributed by atoms with van der Waals surface area (Å²) in [6.45, 7) is 3.24. The monoisotopic (exact) mass is 255 g/mol. The summed E-state index contributed by atoms with van der Waals surface area (Å²) in [6, 6.07) is 5.62. The van der Waals surface area contributed by atoms with Crippen LogP contribution in [0.4, 0.5) is 10.1 Å². The van der Waals surface area contributed by atoms with Crippen molar-refractivity contribution in [3.8, 4) is 0 Å². The van der Waals surface area contributed by atoms with E-state index in [1.54, 1.807) is 6.07 Å². The fourth-order valence-corrected chi connectivity index (χ4v) is 2.37. The molecule has 0 heterocycles. The van der Waals surface area contributed by atoms with E-state index in [4.69, 9.17) is 11.6 Å². The molecule has 0 aromatic heterocycles. The summed E-state index contributed by atoms with van der Waals surface area (Å²) in [5.74, 6) is 0.179. The van der Waals surface area contributed by atoms with Gasteiger partial charge in [0.1, 0.15) is 5.82 Å².